The maximum Gasteiger partial charge on any atom is 0.269 e. The van der Waals surface area contributed by atoms with Gasteiger partial charge in [-0.05, 0) is 62.1 Å². The van der Waals surface area contributed by atoms with Crippen molar-refractivity contribution in [3.63, 3.8) is 0 Å². The SMILES string of the molecule is C[C@H]1CCCC[NH+]1Cc1c(O)ccc2c1O/C(=C\c1ccc([N+](=O)[O-])cc1)C2=O. The summed E-state index contributed by atoms with van der Waals surface area (Å²) in [5, 5.41) is 21.2. The Labute approximate surface area is 168 Å². The monoisotopic (exact) mass is 395 g/mol. The highest BCUT2D eigenvalue weighted by molar-refractivity contribution is 6.15. The van der Waals surface area contributed by atoms with E-state index >= 15 is 0 Å². The summed E-state index contributed by atoms with van der Waals surface area (Å²) in [6.45, 7) is 3.85. The first-order valence-corrected chi connectivity index (χ1v) is 9.82. The van der Waals surface area contributed by atoms with Gasteiger partial charge in [-0.1, -0.05) is 0 Å². The van der Waals surface area contributed by atoms with Crippen molar-refractivity contribution in [2.24, 2.45) is 0 Å². The number of ketones is 1. The van der Waals surface area contributed by atoms with E-state index < -0.39 is 4.92 Å². The zero-order valence-corrected chi connectivity index (χ0v) is 16.2. The second kappa shape index (κ2) is 7.67. The van der Waals surface area contributed by atoms with Crippen LogP contribution < -0.4 is 9.64 Å². The molecule has 1 saturated heterocycles. The van der Waals surface area contributed by atoms with Gasteiger partial charge >= 0.3 is 0 Å². The van der Waals surface area contributed by atoms with E-state index in [2.05, 4.69) is 6.92 Å². The second-order valence-electron chi connectivity index (χ2n) is 7.71. The van der Waals surface area contributed by atoms with Crippen molar-refractivity contribution in [2.45, 2.75) is 38.8 Å². The first-order valence-electron chi connectivity index (χ1n) is 9.82. The molecule has 2 aromatic carbocycles. The molecule has 0 amide bonds. The van der Waals surface area contributed by atoms with E-state index in [9.17, 15) is 20.0 Å². The summed E-state index contributed by atoms with van der Waals surface area (Å²) in [6, 6.07) is 9.55. The number of ether oxygens (including phenoxy) is 1. The van der Waals surface area contributed by atoms with Crippen molar-refractivity contribution in [3.8, 4) is 11.5 Å². The third-order valence-electron chi connectivity index (χ3n) is 5.80. The zero-order valence-electron chi connectivity index (χ0n) is 16.2. The van der Waals surface area contributed by atoms with Crippen molar-refractivity contribution >= 4 is 17.5 Å². The molecule has 1 unspecified atom stereocenters. The van der Waals surface area contributed by atoms with Crippen molar-refractivity contribution < 1.29 is 24.5 Å². The van der Waals surface area contributed by atoms with E-state index in [1.807, 2.05) is 0 Å². The van der Waals surface area contributed by atoms with Gasteiger partial charge < -0.3 is 14.7 Å². The number of nitrogens with one attached hydrogen (secondary N) is 1. The summed E-state index contributed by atoms with van der Waals surface area (Å²) in [5.41, 5.74) is 1.72. The highest BCUT2D eigenvalue weighted by atomic mass is 16.6. The third-order valence-corrected chi connectivity index (χ3v) is 5.80. The van der Waals surface area contributed by atoms with Crippen molar-refractivity contribution in [2.75, 3.05) is 6.54 Å². The van der Waals surface area contributed by atoms with E-state index in [0.29, 0.717) is 35.0 Å². The number of nitrogens with zero attached hydrogens (tertiary/aromatic N) is 1. The molecule has 1 fully saturated rings. The molecule has 2 atom stereocenters. The van der Waals surface area contributed by atoms with Gasteiger partial charge in [0.05, 0.1) is 28.6 Å². The molecule has 0 radical (unpaired) electrons. The number of Topliss-reactive ketones (excluding diaryl/α,β-unsaturated/α-hetero) is 1. The van der Waals surface area contributed by atoms with Gasteiger partial charge in [-0.15, -0.1) is 0 Å². The van der Waals surface area contributed by atoms with Crippen LogP contribution in [0.15, 0.2) is 42.2 Å². The molecule has 0 bridgehead atoms. The number of nitro benzene ring substituents is 1. The normalized spacial score (nSPS) is 22.4. The van der Waals surface area contributed by atoms with Crippen LogP contribution in [0.5, 0.6) is 11.5 Å². The van der Waals surface area contributed by atoms with E-state index in [1.165, 1.54) is 23.5 Å². The van der Waals surface area contributed by atoms with Gasteiger partial charge in [-0.25, -0.2) is 0 Å². The Morgan fingerprint density at radius 3 is 2.69 bits per heavy atom. The number of allylic oxidation sites excluding steroid dienone is 1. The lowest BCUT2D eigenvalue weighted by atomic mass is 10.0. The lowest BCUT2D eigenvalue weighted by Gasteiger charge is -2.30. The number of hydrogen-bond acceptors (Lipinski definition) is 5. The number of non-ortho nitro benzene ring substituents is 1. The summed E-state index contributed by atoms with van der Waals surface area (Å²) < 4.78 is 5.89. The molecule has 2 aliphatic rings. The van der Waals surface area contributed by atoms with Crippen molar-refractivity contribution in [1.29, 1.82) is 0 Å². The minimum Gasteiger partial charge on any atom is -0.507 e. The molecule has 150 valence electrons. The van der Waals surface area contributed by atoms with Crippen LogP contribution in [0.25, 0.3) is 6.08 Å². The molecule has 2 aliphatic heterocycles. The van der Waals surface area contributed by atoms with Crippen LogP contribution in [-0.4, -0.2) is 28.4 Å². The van der Waals surface area contributed by atoms with E-state index in [0.717, 1.165) is 19.4 Å². The topological polar surface area (TPSA) is 94.1 Å². The molecule has 7 heteroatoms. The molecule has 2 aromatic rings. The van der Waals surface area contributed by atoms with Crippen LogP contribution in [0.4, 0.5) is 5.69 Å². The molecule has 29 heavy (non-hydrogen) atoms. The highest BCUT2D eigenvalue weighted by Crippen LogP contribution is 2.39. The largest absolute Gasteiger partial charge is 0.507 e. The van der Waals surface area contributed by atoms with Crippen molar-refractivity contribution in [3.05, 3.63) is 69.0 Å². The number of rotatable bonds is 4. The number of nitro groups is 1. The van der Waals surface area contributed by atoms with Gasteiger partial charge in [0.1, 0.15) is 12.3 Å². The second-order valence-corrected chi connectivity index (χ2v) is 7.71. The molecular weight excluding hydrogens is 372 g/mol. The number of fused-ring (bicyclic) bond motifs is 1. The summed E-state index contributed by atoms with van der Waals surface area (Å²) >= 11 is 0. The summed E-state index contributed by atoms with van der Waals surface area (Å²) in [6.07, 6.45) is 5.10. The quantitative estimate of drug-likeness (QED) is 0.472. The minimum atomic E-state index is -0.469. The summed E-state index contributed by atoms with van der Waals surface area (Å²) in [5.74, 6) is 0.468. The Balaban J connectivity index is 1.63. The van der Waals surface area contributed by atoms with E-state index in [4.69, 9.17) is 4.74 Å². The number of piperidine rings is 1. The van der Waals surface area contributed by atoms with Crippen LogP contribution in [0.2, 0.25) is 0 Å². The molecule has 0 aliphatic carbocycles. The standard InChI is InChI=1S/C22H22N2O5/c1-14-4-2-3-11-23(14)13-18-19(25)10-9-17-21(26)20(29-22(17)18)12-15-5-7-16(8-6-15)24(27)28/h5-10,12,14,25H,2-4,11,13H2,1H3/p+1/b20-12-/t14-/m0/s1. The third kappa shape index (κ3) is 3.73. The van der Waals surface area contributed by atoms with Gasteiger partial charge in [0.2, 0.25) is 5.78 Å². The van der Waals surface area contributed by atoms with E-state index in [1.54, 1.807) is 30.3 Å². The molecule has 0 spiro atoms. The van der Waals surface area contributed by atoms with Crippen LogP contribution in [0.1, 0.15) is 47.7 Å². The van der Waals surface area contributed by atoms with Crippen LogP contribution in [0.3, 0.4) is 0 Å². The Morgan fingerprint density at radius 1 is 1.24 bits per heavy atom. The molecule has 7 nitrogen and oxygen atoms in total. The number of phenolic OH excluding ortho intramolecular Hbond substituents is 1. The lowest BCUT2D eigenvalue weighted by molar-refractivity contribution is -0.941. The van der Waals surface area contributed by atoms with Gasteiger partial charge in [-0.2, -0.15) is 0 Å². The number of likely N-dealkylation sites (tertiary alicyclic amines) is 1. The Kier molecular flexibility index (Phi) is 5.07. The van der Waals surface area contributed by atoms with Gasteiger partial charge in [0, 0.05) is 12.1 Å². The zero-order chi connectivity index (χ0) is 20.5. The van der Waals surface area contributed by atoms with Crippen LogP contribution >= 0.6 is 0 Å². The fraction of sp³-hybridized carbons (Fsp3) is 0.318. The number of carbonyl (C=O) groups is 1. The summed E-state index contributed by atoms with van der Waals surface area (Å²) in [4.78, 5) is 24.5. The van der Waals surface area contributed by atoms with Crippen molar-refractivity contribution in [1.82, 2.24) is 0 Å². The number of carbonyl (C=O) groups excluding carboxylic acids is 1. The molecule has 4 rings (SSSR count). The molecular formula is C22H23N2O5+. The number of phenols is 1. The number of quaternary nitrogens is 1. The molecule has 0 aromatic heterocycles. The van der Waals surface area contributed by atoms with Gasteiger partial charge in [-0.3, -0.25) is 14.9 Å². The minimum absolute atomic E-state index is 0.0139. The smallest absolute Gasteiger partial charge is 0.269 e. The van der Waals surface area contributed by atoms with E-state index in [-0.39, 0.29) is 23.0 Å². The predicted octanol–water partition coefficient (Wildman–Crippen LogP) is 2.87. The molecule has 0 saturated carbocycles. The Bertz CT molecular complexity index is 997. The van der Waals surface area contributed by atoms with Gasteiger partial charge in [0.15, 0.2) is 11.5 Å². The molecule has 2 heterocycles. The highest BCUT2D eigenvalue weighted by Gasteiger charge is 2.33. The summed E-state index contributed by atoms with van der Waals surface area (Å²) in [7, 11) is 0. The predicted molar refractivity (Wildman–Crippen MR) is 107 cm³/mol. The van der Waals surface area contributed by atoms with Crippen LogP contribution in [-0.2, 0) is 6.54 Å². The van der Waals surface area contributed by atoms with Crippen LogP contribution in [0, 0.1) is 10.1 Å². The average Bonchev–Trinajstić information content (AvgIpc) is 3.02. The Morgan fingerprint density at radius 2 is 2.00 bits per heavy atom. The lowest BCUT2D eigenvalue weighted by Crippen LogP contribution is -3.14. The fourth-order valence-corrected chi connectivity index (χ4v) is 4.05. The first kappa shape index (κ1) is 19.1. The maximum atomic E-state index is 12.8. The number of hydrogen-bond donors (Lipinski definition) is 2. The fourth-order valence-electron chi connectivity index (χ4n) is 4.05. The average molecular weight is 395 g/mol. The first-order chi connectivity index (χ1) is 13.9. The van der Waals surface area contributed by atoms with Gasteiger partial charge in [0.25, 0.3) is 5.69 Å². The Hall–Kier alpha value is -3.19. The number of benzene rings is 2. The molecule has 2 N–H and O–H groups in total. The number of aromatic hydroxyl groups is 1. The maximum absolute atomic E-state index is 12.8.